The van der Waals surface area contributed by atoms with Gasteiger partial charge in [0.25, 0.3) is 0 Å². The van der Waals surface area contributed by atoms with E-state index in [2.05, 4.69) is 6.92 Å². The van der Waals surface area contributed by atoms with E-state index >= 15 is 0 Å². The molecule has 192 valence electrons. The fourth-order valence-electron chi connectivity index (χ4n) is 3.36. The SMILES string of the molecule is CCCCCCCCCCCCOCCOCCOCCOCCOc1cccc(OC)c1. The second kappa shape index (κ2) is 23.8. The minimum absolute atomic E-state index is 0.495. The Morgan fingerprint density at radius 1 is 0.515 bits per heavy atom. The lowest BCUT2D eigenvalue weighted by molar-refractivity contribution is -0.00487. The number of methoxy groups -OCH3 is 1. The molecule has 0 aliphatic heterocycles. The fraction of sp³-hybridized carbons (Fsp3) is 0.778. The quantitative estimate of drug-likeness (QED) is 0.163. The molecule has 6 nitrogen and oxygen atoms in total. The Hall–Kier alpha value is -1.34. The zero-order valence-electron chi connectivity index (χ0n) is 21.2. The van der Waals surface area contributed by atoms with E-state index in [1.165, 1.54) is 57.8 Å². The van der Waals surface area contributed by atoms with Crippen LogP contribution in [0.4, 0.5) is 0 Å². The van der Waals surface area contributed by atoms with Gasteiger partial charge >= 0.3 is 0 Å². The smallest absolute Gasteiger partial charge is 0.123 e. The highest BCUT2D eigenvalue weighted by atomic mass is 16.6. The molecule has 0 aliphatic rings. The summed E-state index contributed by atoms with van der Waals surface area (Å²) in [4.78, 5) is 0. The molecular formula is C27H48O6. The van der Waals surface area contributed by atoms with Crippen LogP contribution in [0.15, 0.2) is 24.3 Å². The Balaban J connectivity index is 1.70. The van der Waals surface area contributed by atoms with Crippen LogP contribution in [0.5, 0.6) is 11.5 Å². The Morgan fingerprint density at radius 3 is 1.52 bits per heavy atom. The zero-order chi connectivity index (χ0) is 23.7. The van der Waals surface area contributed by atoms with E-state index < -0.39 is 0 Å². The maximum Gasteiger partial charge on any atom is 0.123 e. The van der Waals surface area contributed by atoms with Gasteiger partial charge in [0.2, 0.25) is 0 Å². The third kappa shape index (κ3) is 19.8. The van der Waals surface area contributed by atoms with Crippen LogP contribution in [0.1, 0.15) is 71.1 Å². The molecule has 0 bridgehead atoms. The van der Waals surface area contributed by atoms with Gasteiger partial charge in [-0.3, -0.25) is 0 Å². The lowest BCUT2D eigenvalue weighted by Crippen LogP contribution is -2.13. The van der Waals surface area contributed by atoms with Crippen molar-refractivity contribution < 1.29 is 28.4 Å². The number of rotatable bonds is 25. The summed E-state index contributed by atoms with van der Waals surface area (Å²) in [7, 11) is 1.64. The highest BCUT2D eigenvalue weighted by Gasteiger charge is 1.98. The van der Waals surface area contributed by atoms with Gasteiger partial charge in [-0.1, -0.05) is 70.8 Å². The Bertz CT molecular complexity index is 525. The first kappa shape index (κ1) is 29.7. The summed E-state index contributed by atoms with van der Waals surface area (Å²) in [5, 5.41) is 0. The summed E-state index contributed by atoms with van der Waals surface area (Å²) in [6, 6.07) is 7.54. The van der Waals surface area contributed by atoms with E-state index in [1.54, 1.807) is 7.11 Å². The van der Waals surface area contributed by atoms with E-state index in [4.69, 9.17) is 28.4 Å². The second-order valence-electron chi connectivity index (χ2n) is 8.16. The molecule has 33 heavy (non-hydrogen) atoms. The van der Waals surface area contributed by atoms with Crippen molar-refractivity contribution in [3.8, 4) is 11.5 Å². The van der Waals surface area contributed by atoms with Gasteiger partial charge < -0.3 is 28.4 Å². The molecule has 0 atom stereocenters. The fourth-order valence-corrected chi connectivity index (χ4v) is 3.36. The Labute approximate surface area is 202 Å². The summed E-state index contributed by atoms with van der Waals surface area (Å²) < 4.78 is 32.9. The van der Waals surface area contributed by atoms with Gasteiger partial charge in [0, 0.05) is 12.7 Å². The van der Waals surface area contributed by atoms with E-state index in [0.717, 1.165) is 24.5 Å². The first-order valence-electron chi connectivity index (χ1n) is 12.9. The molecule has 0 fully saturated rings. The van der Waals surface area contributed by atoms with Crippen molar-refractivity contribution in [1.82, 2.24) is 0 Å². The third-order valence-electron chi connectivity index (χ3n) is 5.30. The maximum absolute atomic E-state index is 5.63. The van der Waals surface area contributed by atoms with Crippen molar-refractivity contribution >= 4 is 0 Å². The third-order valence-corrected chi connectivity index (χ3v) is 5.30. The van der Waals surface area contributed by atoms with Crippen LogP contribution in [0.3, 0.4) is 0 Å². The predicted molar refractivity (Wildman–Crippen MR) is 134 cm³/mol. The summed E-state index contributed by atoms with van der Waals surface area (Å²) >= 11 is 0. The number of hydrogen-bond donors (Lipinski definition) is 0. The molecule has 0 spiro atoms. The van der Waals surface area contributed by atoms with Gasteiger partial charge in [0.1, 0.15) is 18.1 Å². The second-order valence-corrected chi connectivity index (χ2v) is 8.16. The molecule has 1 aromatic rings. The largest absolute Gasteiger partial charge is 0.497 e. The van der Waals surface area contributed by atoms with Crippen LogP contribution in [-0.4, -0.2) is 66.6 Å². The normalized spacial score (nSPS) is 11.1. The minimum Gasteiger partial charge on any atom is -0.497 e. The highest BCUT2D eigenvalue weighted by molar-refractivity contribution is 5.32. The van der Waals surface area contributed by atoms with Crippen LogP contribution in [0.25, 0.3) is 0 Å². The van der Waals surface area contributed by atoms with E-state index in [1.807, 2.05) is 24.3 Å². The predicted octanol–water partition coefficient (Wildman–Crippen LogP) is 6.06. The molecule has 0 saturated heterocycles. The van der Waals surface area contributed by atoms with Crippen molar-refractivity contribution in [3.05, 3.63) is 24.3 Å². The summed E-state index contributed by atoms with van der Waals surface area (Å²) in [6.07, 6.45) is 13.5. The first-order valence-corrected chi connectivity index (χ1v) is 12.9. The van der Waals surface area contributed by atoms with Gasteiger partial charge in [-0.2, -0.15) is 0 Å². The van der Waals surface area contributed by atoms with Crippen LogP contribution in [0.2, 0.25) is 0 Å². The maximum atomic E-state index is 5.63. The van der Waals surface area contributed by atoms with Crippen molar-refractivity contribution in [3.63, 3.8) is 0 Å². The van der Waals surface area contributed by atoms with Gasteiger partial charge in [0.15, 0.2) is 0 Å². The van der Waals surface area contributed by atoms with E-state index in [9.17, 15) is 0 Å². The molecule has 0 aliphatic carbocycles. The number of ether oxygens (including phenoxy) is 6. The molecule has 0 saturated carbocycles. The number of unbranched alkanes of at least 4 members (excludes halogenated alkanes) is 9. The highest BCUT2D eigenvalue weighted by Crippen LogP contribution is 2.18. The molecule has 0 radical (unpaired) electrons. The summed E-state index contributed by atoms with van der Waals surface area (Å²) in [5.74, 6) is 1.56. The van der Waals surface area contributed by atoms with E-state index in [-0.39, 0.29) is 0 Å². The molecule has 0 heterocycles. The Kier molecular flexibility index (Phi) is 21.4. The topological polar surface area (TPSA) is 55.4 Å². The lowest BCUT2D eigenvalue weighted by atomic mass is 10.1. The van der Waals surface area contributed by atoms with Crippen molar-refractivity contribution in [1.29, 1.82) is 0 Å². The van der Waals surface area contributed by atoms with Gasteiger partial charge in [0.05, 0.1) is 53.4 Å². The van der Waals surface area contributed by atoms with Gasteiger partial charge in [-0.05, 0) is 18.6 Å². The molecule has 6 heteroatoms. The Morgan fingerprint density at radius 2 is 0.970 bits per heavy atom. The standard InChI is InChI=1S/C27H48O6/c1-3-4-5-6-7-8-9-10-11-12-16-29-17-18-30-19-20-31-21-22-32-23-24-33-27-15-13-14-26(25-27)28-2/h13-15,25H,3-12,16-24H2,1-2H3. The number of benzene rings is 1. The molecule has 0 unspecified atom stereocenters. The van der Waals surface area contributed by atoms with Crippen LogP contribution in [-0.2, 0) is 18.9 Å². The van der Waals surface area contributed by atoms with Crippen molar-refractivity contribution in [2.45, 2.75) is 71.1 Å². The van der Waals surface area contributed by atoms with Crippen LogP contribution < -0.4 is 9.47 Å². The summed E-state index contributed by atoms with van der Waals surface area (Å²) in [5.41, 5.74) is 0. The molecule has 0 aromatic heterocycles. The molecule has 0 N–H and O–H groups in total. The number of hydrogen-bond acceptors (Lipinski definition) is 6. The molecular weight excluding hydrogens is 420 g/mol. The monoisotopic (exact) mass is 468 g/mol. The molecule has 0 amide bonds. The average Bonchev–Trinajstić information content (AvgIpc) is 2.84. The summed E-state index contributed by atoms with van der Waals surface area (Å²) in [6.45, 7) is 7.67. The van der Waals surface area contributed by atoms with E-state index in [0.29, 0.717) is 52.9 Å². The van der Waals surface area contributed by atoms with Gasteiger partial charge in [-0.15, -0.1) is 0 Å². The minimum atomic E-state index is 0.495. The lowest BCUT2D eigenvalue weighted by Gasteiger charge is -2.09. The zero-order valence-corrected chi connectivity index (χ0v) is 21.2. The van der Waals surface area contributed by atoms with Crippen molar-refractivity contribution in [2.24, 2.45) is 0 Å². The van der Waals surface area contributed by atoms with Crippen LogP contribution >= 0.6 is 0 Å². The average molecular weight is 469 g/mol. The molecule has 1 rings (SSSR count). The first-order chi connectivity index (χ1) is 16.4. The van der Waals surface area contributed by atoms with Crippen molar-refractivity contribution in [2.75, 3.05) is 66.6 Å². The molecule has 1 aromatic carbocycles. The van der Waals surface area contributed by atoms with Crippen LogP contribution in [0, 0.1) is 0 Å². The van der Waals surface area contributed by atoms with Gasteiger partial charge in [-0.25, -0.2) is 0 Å².